The summed E-state index contributed by atoms with van der Waals surface area (Å²) in [6.07, 6.45) is 1.14. The Labute approximate surface area is 68.0 Å². The highest BCUT2D eigenvalue weighted by molar-refractivity contribution is 7.71. The van der Waals surface area contributed by atoms with Crippen molar-refractivity contribution in [3.63, 3.8) is 0 Å². The molecule has 0 unspecified atom stereocenters. The molecule has 5 nitrogen and oxygen atoms in total. The highest BCUT2D eigenvalue weighted by atomic mass is 32.1. The van der Waals surface area contributed by atoms with Crippen LogP contribution in [0.4, 0.5) is 0 Å². The molecule has 0 fully saturated rings. The van der Waals surface area contributed by atoms with E-state index in [1.807, 2.05) is 6.92 Å². The van der Waals surface area contributed by atoms with Crippen molar-refractivity contribution in [1.29, 1.82) is 0 Å². The smallest absolute Gasteiger partial charge is 0.291 e. The maximum Gasteiger partial charge on any atom is 0.291 e. The summed E-state index contributed by atoms with van der Waals surface area (Å²) in [4.78, 5) is 10.8. The van der Waals surface area contributed by atoms with Gasteiger partial charge in [0.25, 0.3) is 5.56 Å². The van der Waals surface area contributed by atoms with Crippen LogP contribution in [0.25, 0.3) is 0 Å². The highest BCUT2D eigenvalue weighted by Crippen LogP contribution is 1.81. The molecule has 1 heterocycles. The second-order valence-electron chi connectivity index (χ2n) is 1.95. The first kappa shape index (κ1) is 7.93. The Kier molecular flexibility index (Phi) is 2.04. The van der Waals surface area contributed by atoms with Crippen molar-refractivity contribution in [1.82, 2.24) is 14.5 Å². The monoisotopic (exact) mass is 172 g/mol. The molecule has 0 saturated carbocycles. The molecule has 0 aliphatic carbocycles. The summed E-state index contributed by atoms with van der Waals surface area (Å²) < 4.78 is 2.60. The zero-order chi connectivity index (χ0) is 8.43. The third kappa shape index (κ3) is 1.30. The molecule has 0 aliphatic rings. The van der Waals surface area contributed by atoms with Crippen LogP contribution in [0, 0.1) is 4.77 Å². The molecule has 2 N–H and O–H groups in total. The third-order valence-electron chi connectivity index (χ3n) is 1.27. The fourth-order valence-electron chi connectivity index (χ4n) is 0.666. The summed E-state index contributed by atoms with van der Waals surface area (Å²) in [5.41, 5.74) is -0.389. The zero-order valence-electron chi connectivity index (χ0n) is 6.02. The van der Waals surface area contributed by atoms with Gasteiger partial charge in [0.05, 0.1) is 0 Å². The van der Waals surface area contributed by atoms with Gasteiger partial charge in [0, 0.05) is 6.54 Å². The molecule has 1 rings (SSSR count). The molecule has 0 aromatic carbocycles. The van der Waals surface area contributed by atoms with Crippen molar-refractivity contribution in [2.24, 2.45) is 0 Å². The van der Waals surface area contributed by atoms with E-state index in [1.54, 1.807) is 0 Å². The fraction of sp³-hybridized carbons (Fsp3) is 0.400. The maximum absolute atomic E-state index is 10.8. The Bertz CT molecular complexity index is 365. The summed E-state index contributed by atoms with van der Waals surface area (Å²) >= 11 is 4.82. The van der Waals surface area contributed by atoms with E-state index >= 15 is 0 Å². The molecule has 11 heavy (non-hydrogen) atoms. The molecule has 60 valence electrons. The van der Waals surface area contributed by atoms with Crippen LogP contribution in [0.3, 0.4) is 0 Å². The molecule has 0 spiro atoms. The second-order valence-corrected chi connectivity index (χ2v) is 2.32. The van der Waals surface area contributed by atoms with Crippen molar-refractivity contribution in [2.45, 2.75) is 13.5 Å². The topological polar surface area (TPSA) is 65.8 Å². The van der Waals surface area contributed by atoms with Gasteiger partial charge in [-0.05, 0) is 19.1 Å². The first-order chi connectivity index (χ1) is 5.16. The van der Waals surface area contributed by atoms with Gasteiger partial charge in [-0.15, -0.1) is 0 Å². The molecule has 0 aliphatic heterocycles. The molecule has 0 radical (unpaired) electrons. The van der Waals surface area contributed by atoms with Crippen LogP contribution < -0.4 is 11.4 Å². The molecule has 6 heteroatoms. The quantitative estimate of drug-likeness (QED) is 0.458. The van der Waals surface area contributed by atoms with Crippen LogP contribution in [0.2, 0.25) is 0 Å². The van der Waals surface area contributed by atoms with Gasteiger partial charge in [0.15, 0.2) is 0 Å². The van der Waals surface area contributed by atoms with Crippen LogP contribution >= 0.6 is 12.2 Å². The Hall–Kier alpha value is -1.17. The van der Waals surface area contributed by atoms with Crippen molar-refractivity contribution in [3.8, 4) is 0 Å². The van der Waals surface area contributed by atoms with Gasteiger partial charge >= 0.3 is 0 Å². The number of hydrogen-bond acceptors (Lipinski definition) is 4. The lowest BCUT2D eigenvalue weighted by Gasteiger charge is -2.02. The van der Waals surface area contributed by atoms with Crippen LogP contribution in [0.5, 0.6) is 0 Å². The van der Waals surface area contributed by atoms with Crippen LogP contribution in [-0.2, 0) is 6.54 Å². The Morgan fingerprint density at radius 1 is 1.82 bits per heavy atom. The predicted octanol–water partition coefficient (Wildman–Crippen LogP) is -0.492. The van der Waals surface area contributed by atoms with Gasteiger partial charge in [0.2, 0.25) is 4.77 Å². The van der Waals surface area contributed by atoms with E-state index in [9.17, 15) is 4.79 Å². The summed E-state index contributed by atoms with van der Waals surface area (Å²) in [7, 11) is 0. The highest BCUT2D eigenvalue weighted by Gasteiger charge is 1.95. The van der Waals surface area contributed by atoms with Gasteiger partial charge < -0.3 is 5.84 Å². The standard InChI is InChI=1S/C5H8N4OS/c1-2-8-5(11)9(6)4(10)3-7-8/h3H,2,6H2,1H3. The van der Waals surface area contributed by atoms with E-state index < -0.39 is 0 Å². The Balaban J connectivity index is 3.50. The lowest BCUT2D eigenvalue weighted by Crippen LogP contribution is -2.31. The van der Waals surface area contributed by atoms with Gasteiger partial charge in [-0.2, -0.15) is 9.77 Å². The zero-order valence-corrected chi connectivity index (χ0v) is 6.84. The summed E-state index contributed by atoms with van der Waals surface area (Å²) in [5.74, 6) is 5.30. The molecule has 0 atom stereocenters. The number of nitrogens with two attached hydrogens (primary N) is 1. The lowest BCUT2D eigenvalue weighted by molar-refractivity contribution is 0.577. The van der Waals surface area contributed by atoms with E-state index in [0.717, 1.165) is 10.9 Å². The van der Waals surface area contributed by atoms with Crippen LogP contribution in [-0.4, -0.2) is 14.5 Å². The van der Waals surface area contributed by atoms with E-state index in [1.165, 1.54) is 4.68 Å². The van der Waals surface area contributed by atoms with E-state index in [4.69, 9.17) is 18.1 Å². The average molecular weight is 172 g/mol. The van der Waals surface area contributed by atoms with Gasteiger partial charge in [0.1, 0.15) is 6.20 Å². The number of rotatable bonds is 1. The second kappa shape index (κ2) is 2.83. The minimum Gasteiger partial charge on any atom is -0.334 e. The first-order valence-corrected chi connectivity index (χ1v) is 3.52. The van der Waals surface area contributed by atoms with E-state index in [-0.39, 0.29) is 10.3 Å². The molecule has 1 aromatic rings. The van der Waals surface area contributed by atoms with Crippen LogP contribution in [0.15, 0.2) is 11.0 Å². The summed E-state index contributed by atoms with van der Waals surface area (Å²) in [6.45, 7) is 2.48. The lowest BCUT2D eigenvalue weighted by atomic mass is 10.7. The Morgan fingerprint density at radius 3 is 3.00 bits per heavy atom. The van der Waals surface area contributed by atoms with Crippen molar-refractivity contribution in [2.75, 3.05) is 5.84 Å². The molecular weight excluding hydrogens is 164 g/mol. The average Bonchev–Trinajstić information content (AvgIpc) is 2.01. The van der Waals surface area contributed by atoms with E-state index in [0.29, 0.717) is 6.54 Å². The van der Waals surface area contributed by atoms with Crippen molar-refractivity contribution in [3.05, 3.63) is 21.3 Å². The summed E-state index contributed by atoms with van der Waals surface area (Å²) in [5, 5.41) is 3.76. The minimum absolute atomic E-state index is 0.236. The SMILES string of the molecule is CCn1ncc(=O)n(N)c1=S. The van der Waals surface area contributed by atoms with Crippen molar-refractivity contribution < 1.29 is 0 Å². The minimum atomic E-state index is -0.389. The number of aryl methyl sites for hydroxylation is 1. The van der Waals surface area contributed by atoms with Crippen molar-refractivity contribution >= 4 is 12.2 Å². The molecular formula is C5H8N4OS. The van der Waals surface area contributed by atoms with E-state index in [2.05, 4.69) is 5.10 Å². The summed E-state index contributed by atoms with van der Waals surface area (Å²) in [6, 6.07) is 0. The molecule has 0 bridgehead atoms. The van der Waals surface area contributed by atoms with Gasteiger partial charge in [-0.1, -0.05) is 0 Å². The fourth-order valence-corrected chi connectivity index (χ4v) is 0.932. The molecule has 0 saturated heterocycles. The normalized spacial score (nSPS) is 9.91. The number of hydrogen-bond donors (Lipinski definition) is 1. The first-order valence-electron chi connectivity index (χ1n) is 3.11. The van der Waals surface area contributed by atoms with Gasteiger partial charge in [-0.25, -0.2) is 4.68 Å². The number of nitrogens with zero attached hydrogens (tertiary/aromatic N) is 3. The number of aromatic nitrogens is 3. The van der Waals surface area contributed by atoms with Gasteiger partial charge in [-0.3, -0.25) is 4.79 Å². The van der Waals surface area contributed by atoms with Crippen LogP contribution in [0.1, 0.15) is 6.92 Å². The number of nitrogen functional groups attached to an aromatic ring is 1. The maximum atomic E-state index is 10.8. The predicted molar refractivity (Wildman–Crippen MR) is 43.1 cm³/mol. The molecule has 0 amide bonds. The largest absolute Gasteiger partial charge is 0.334 e. The third-order valence-corrected chi connectivity index (χ3v) is 1.68. The molecule has 1 aromatic heterocycles. The Morgan fingerprint density at radius 2 is 2.45 bits per heavy atom.